The largest absolute Gasteiger partial charge is 0.493 e. The molecule has 3 rings (SSSR count). The van der Waals surface area contributed by atoms with E-state index in [4.69, 9.17) is 4.74 Å². The third-order valence-electron chi connectivity index (χ3n) is 4.12. The number of rotatable bonds is 4. The number of para-hydroxylation sites is 1. The Morgan fingerprint density at radius 1 is 1.38 bits per heavy atom. The van der Waals surface area contributed by atoms with E-state index in [9.17, 15) is 4.79 Å². The van der Waals surface area contributed by atoms with Gasteiger partial charge in [0.15, 0.2) is 0 Å². The highest BCUT2D eigenvalue weighted by molar-refractivity contribution is 5.95. The topological polar surface area (TPSA) is 67.4 Å². The number of hydrogen-bond acceptors (Lipinski definition) is 5. The van der Waals surface area contributed by atoms with Crippen LogP contribution in [-0.4, -0.2) is 43.1 Å². The molecule has 6 nitrogen and oxygen atoms in total. The van der Waals surface area contributed by atoms with Crippen molar-refractivity contribution in [1.29, 1.82) is 0 Å². The maximum absolute atomic E-state index is 12.4. The van der Waals surface area contributed by atoms with E-state index in [2.05, 4.69) is 21.4 Å². The quantitative estimate of drug-likeness (QED) is 0.928. The van der Waals surface area contributed by atoms with Gasteiger partial charge in [-0.15, -0.1) is 0 Å². The lowest BCUT2D eigenvalue weighted by Gasteiger charge is -2.25. The minimum absolute atomic E-state index is 0.142. The lowest BCUT2D eigenvalue weighted by Crippen LogP contribution is -2.35. The van der Waals surface area contributed by atoms with E-state index >= 15 is 0 Å². The molecule has 6 heteroatoms. The molecule has 1 amide bonds. The zero-order valence-corrected chi connectivity index (χ0v) is 14.2. The standard InChI is InChI=1S/C18H22N4O2/c1-12-15(10-20-18(21-12)22(2)3)17(23)19-9-13-8-14-6-4-5-7-16(14)24-11-13/h4-7,10,13H,8-9,11H2,1-3H3,(H,19,23). The fourth-order valence-electron chi connectivity index (χ4n) is 2.75. The fourth-order valence-corrected chi connectivity index (χ4v) is 2.75. The van der Waals surface area contributed by atoms with Gasteiger partial charge in [0.2, 0.25) is 5.95 Å². The molecule has 0 saturated heterocycles. The van der Waals surface area contributed by atoms with Crippen molar-refractivity contribution in [2.24, 2.45) is 5.92 Å². The number of nitrogens with zero attached hydrogens (tertiary/aromatic N) is 3. The highest BCUT2D eigenvalue weighted by atomic mass is 16.5. The fraction of sp³-hybridized carbons (Fsp3) is 0.389. The summed E-state index contributed by atoms with van der Waals surface area (Å²) in [5.41, 5.74) is 2.38. The van der Waals surface area contributed by atoms with Crippen LogP contribution in [-0.2, 0) is 6.42 Å². The molecule has 1 unspecified atom stereocenters. The molecule has 1 aliphatic heterocycles. The van der Waals surface area contributed by atoms with Gasteiger partial charge in [-0.2, -0.15) is 0 Å². The van der Waals surface area contributed by atoms with Crippen molar-refractivity contribution in [2.45, 2.75) is 13.3 Å². The van der Waals surface area contributed by atoms with Crippen LogP contribution in [0.4, 0.5) is 5.95 Å². The Kier molecular flexibility index (Phi) is 4.64. The van der Waals surface area contributed by atoms with E-state index in [1.807, 2.05) is 44.1 Å². The molecule has 1 aliphatic rings. The van der Waals surface area contributed by atoms with Crippen molar-refractivity contribution in [3.63, 3.8) is 0 Å². The van der Waals surface area contributed by atoms with Gasteiger partial charge in [0, 0.05) is 32.8 Å². The number of nitrogens with one attached hydrogen (secondary N) is 1. The number of carbonyl (C=O) groups excluding carboxylic acids is 1. The summed E-state index contributed by atoms with van der Waals surface area (Å²) in [6.07, 6.45) is 2.49. The summed E-state index contributed by atoms with van der Waals surface area (Å²) < 4.78 is 5.76. The molecule has 126 valence electrons. The summed E-state index contributed by atoms with van der Waals surface area (Å²) in [5.74, 6) is 1.67. The first-order chi connectivity index (χ1) is 11.5. The number of fused-ring (bicyclic) bond motifs is 1. The summed E-state index contributed by atoms with van der Waals surface area (Å²) in [5, 5.41) is 2.98. The number of hydrogen-bond donors (Lipinski definition) is 1. The van der Waals surface area contributed by atoms with E-state index in [0.717, 1.165) is 12.2 Å². The smallest absolute Gasteiger partial charge is 0.254 e. The van der Waals surface area contributed by atoms with Gasteiger partial charge in [0.1, 0.15) is 5.75 Å². The molecule has 2 heterocycles. The number of aromatic nitrogens is 2. The number of benzene rings is 1. The van der Waals surface area contributed by atoms with Gasteiger partial charge in [0.25, 0.3) is 5.91 Å². The first-order valence-corrected chi connectivity index (χ1v) is 8.04. The van der Waals surface area contributed by atoms with E-state index < -0.39 is 0 Å². The van der Waals surface area contributed by atoms with Gasteiger partial charge in [-0.05, 0) is 25.0 Å². The molecule has 0 aliphatic carbocycles. The second-order valence-electron chi connectivity index (χ2n) is 6.26. The first kappa shape index (κ1) is 16.2. The van der Waals surface area contributed by atoms with Crippen molar-refractivity contribution in [1.82, 2.24) is 15.3 Å². The first-order valence-electron chi connectivity index (χ1n) is 8.04. The SMILES string of the molecule is Cc1nc(N(C)C)ncc1C(=O)NCC1COc2ccccc2C1. The third-order valence-corrected chi connectivity index (χ3v) is 4.12. The average Bonchev–Trinajstić information content (AvgIpc) is 2.59. The third kappa shape index (κ3) is 3.48. The van der Waals surface area contributed by atoms with Crippen LogP contribution in [0.3, 0.4) is 0 Å². The number of carbonyl (C=O) groups is 1. The summed E-state index contributed by atoms with van der Waals surface area (Å²) in [4.78, 5) is 22.8. The van der Waals surface area contributed by atoms with Gasteiger partial charge in [-0.25, -0.2) is 9.97 Å². The van der Waals surface area contributed by atoms with Crippen molar-refractivity contribution in [3.05, 3.63) is 47.3 Å². The number of amides is 1. The highest BCUT2D eigenvalue weighted by Crippen LogP contribution is 2.26. The van der Waals surface area contributed by atoms with E-state index in [-0.39, 0.29) is 11.8 Å². The molecule has 1 aromatic carbocycles. The lowest BCUT2D eigenvalue weighted by atomic mass is 9.96. The molecule has 1 N–H and O–H groups in total. The molecule has 2 aromatic rings. The van der Waals surface area contributed by atoms with Gasteiger partial charge in [-0.1, -0.05) is 18.2 Å². The molecule has 1 atom stereocenters. The van der Waals surface area contributed by atoms with Gasteiger partial charge in [-0.3, -0.25) is 4.79 Å². The summed E-state index contributed by atoms with van der Waals surface area (Å²) in [7, 11) is 3.74. The molecular formula is C18H22N4O2. The maximum atomic E-state index is 12.4. The maximum Gasteiger partial charge on any atom is 0.254 e. The minimum Gasteiger partial charge on any atom is -0.493 e. The normalized spacial score (nSPS) is 16.0. The van der Waals surface area contributed by atoms with Crippen LogP contribution in [0.15, 0.2) is 30.5 Å². The van der Waals surface area contributed by atoms with Crippen LogP contribution in [0, 0.1) is 12.8 Å². The molecule has 0 bridgehead atoms. The number of ether oxygens (including phenoxy) is 1. The van der Waals surface area contributed by atoms with E-state index in [1.54, 1.807) is 6.20 Å². The average molecular weight is 326 g/mol. The van der Waals surface area contributed by atoms with Crippen LogP contribution >= 0.6 is 0 Å². The monoisotopic (exact) mass is 326 g/mol. The van der Waals surface area contributed by atoms with Crippen molar-refractivity contribution in [2.75, 3.05) is 32.1 Å². The molecule has 0 radical (unpaired) electrons. The van der Waals surface area contributed by atoms with Gasteiger partial charge >= 0.3 is 0 Å². The molecule has 1 aromatic heterocycles. The molecule has 0 fully saturated rings. The second kappa shape index (κ2) is 6.86. The van der Waals surface area contributed by atoms with E-state index in [0.29, 0.717) is 30.4 Å². The van der Waals surface area contributed by atoms with Gasteiger partial charge < -0.3 is 15.0 Å². The molecule has 0 saturated carbocycles. The lowest BCUT2D eigenvalue weighted by molar-refractivity contribution is 0.0937. The van der Waals surface area contributed by atoms with Crippen molar-refractivity contribution < 1.29 is 9.53 Å². The summed E-state index contributed by atoms with van der Waals surface area (Å²) in [6, 6.07) is 8.04. The predicted octanol–water partition coefficient (Wildman–Crippen LogP) is 1.83. The number of aryl methyl sites for hydroxylation is 1. The van der Waals surface area contributed by atoms with Crippen molar-refractivity contribution in [3.8, 4) is 5.75 Å². The predicted molar refractivity (Wildman–Crippen MR) is 92.6 cm³/mol. The Labute approximate surface area is 141 Å². The Bertz CT molecular complexity index is 746. The highest BCUT2D eigenvalue weighted by Gasteiger charge is 2.21. The summed E-state index contributed by atoms with van der Waals surface area (Å²) >= 11 is 0. The van der Waals surface area contributed by atoms with Crippen LogP contribution in [0.25, 0.3) is 0 Å². The summed E-state index contributed by atoms with van der Waals surface area (Å²) in [6.45, 7) is 3.01. The van der Waals surface area contributed by atoms with Crippen LogP contribution in [0.5, 0.6) is 5.75 Å². The van der Waals surface area contributed by atoms with Gasteiger partial charge in [0.05, 0.1) is 17.9 Å². The minimum atomic E-state index is -0.142. The van der Waals surface area contributed by atoms with Crippen LogP contribution in [0.2, 0.25) is 0 Å². The van der Waals surface area contributed by atoms with E-state index in [1.165, 1.54) is 5.56 Å². The molecule has 0 spiro atoms. The molecule has 24 heavy (non-hydrogen) atoms. The zero-order valence-electron chi connectivity index (χ0n) is 14.2. The van der Waals surface area contributed by atoms with Crippen LogP contribution < -0.4 is 15.0 Å². The zero-order chi connectivity index (χ0) is 17.1. The van der Waals surface area contributed by atoms with Crippen LogP contribution in [0.1, 0.15) is 21.6 Å². The Morgan fingerprint density at radius 2 is 2.17 bits per heavy atom. The Balaban J connectivity index is 1.60. The van der Waals surface area contributed by atoms with Crippen molar-refractivity contribution >= 4 is 11.9 Å². The Hall–Kier alpha value is -2.63. The number of anilines is 1. The Morgan fingerprint density at radius 3 is 2.92 bits per heavy atom. The second-order valence-corrected chi connectivity index (χ2v) is 6.26. The molecular weight excluding hydrogens is 304 g/mol.